The molecule has 4 heterocycles. The number of piperidine rings is 1. The van der Waals surface area contributed by atoms with Crippen LogP contribution in [-0.4, -0.2) is 43.6 Å². The number of amides is 1. The van der Waals surface area contributed by atoms with Gasteiger partial charge in [-0.1, -0.05) is 0 Å². The molecule has 5 rings (SSSR count). The lowest BCUT2D eigenvalue weighted by Gasteiger charge is -2.31. The second-order valence-electron chi connectivity index (χ2n) is 6.89. The van der Waals surface area contributed by atoms with E-state index in [0.29, 0.717) is 23.2 Å². The SMILES string of the molecule is O=C(c1nccc2occc12)N1CCC(c2nncn2C2CC2)CC1. The summed E-state index contributed by atoms with van der Waals surface area (Å²) in [6, 6.07) is 4.18. The molecule has 7 nitrogen and oxygen atoms in total. The monoisotopic (exact) mass is 337 g/mol. The van der Waals surface area contributed by atoms with Crippen molar-refractivity contribution in [1.82, 2.24) is 24.6 Å². The van der Waals surface area contributed by atoms with Gasteiger partial charge in [-0.05, 0) is 37.8 Å². The minimum Gasteiger partial charge on any atom is -0.464 e. The molecule has 3 aromatic heterocycles. The summed E-state index contributed by atoms with van der Waals surface area (Å²) in [5.41, 5.74) is 1.18. The Kier molecular flexibility index (Phi) is 3.33. The van der Waals surface area contributed by atoms with Crippen molar-refractivity contribution in [2.24, 2.45) is 0 Å². The van der Waals surface area contributed by atoms with Crippen molar-refractivity contribution in [1.29, 1.82) is 0 Å². The van der Waals surface area contributed by atoms with E-state index in [1.807, 2.05) is 11.2 Å². The molecule has 0 atom stereocenters. The first-order chi connectivity index (χ1) is 12.3. The average molecular weight is 337 g/mol. The quantitative estimate of drug-likeness (QED) is 0.734. The van der Waals surface area contributed by atoms with E-state index in [4.69, 9.17) is 4.42 Å². The highest BCUT2D eigenvalue weighted by molar-refractivity contribution is 6.03. The van der Waals surface area contributed by atoms with Crippen LogP contribution in [0.2, 0.25) is 0 Å². The molecule has 2 aliphatic rings. The van der Waals surface area contributed by atoms with E-state index in [1.54, 1.807) is 24.6 Å². The van der Waals surface area contributed by atoms with E-state index in [2.05, 4.69) is 19.7 Å². The highest BCUT2D eigenvalue weighted by Gasteiger charge is 2.32. The zero-order chi connectivity index (χ0) is 16.8. The fraction of sp³-hybridized carbons (Fsp3) is 0.444. The number of carbonyl (C=O) groups excluding carboxylic acids is 1. The van der Waals surface area contributed by atoms with E-state index in [-0.39, 0.29) is 5.91 Å². The maximum absolute atomic E-state index is 12.9. The summed E-state index contributed by atoms with van der Waals surface area (Å²) in [5.74, 6) is 1.45. The molecule has 25 heavy (non-hydrogen) atoms. The predicted octanol–water partition coefficient (Wildman–Crippen LogP) is 2.77. The highest BCUT2D eigenvalue weighted by Crippen LogP contribution is 2.38. The Morgan fingerprint density at radius 3 is 2.80 bits per heavy atom. The number of fused-ring (bicyclic) bond motifs is 1. The predicted molar refractivity (Wildman–Crippen MR) is 90.2 cm³/mol. The van der Waals surface area contributed by atoms with Gasteiger partial charge in [0.15, 0.2) is 0 Å². The molecule has 0 unspecified atom stereocenters. The first-order valence-electron chi connectivity index (χ1n) is 8.82. The topological polar surface area (TPSA) is 77.1 Å². The van der Waals surface area contributed by atoms with Gasteiger partial charge in [0.2, 0.25) is 0 Å². The maximum Gasteiger partial charge on any atom is 0.273 e. The molecule has 0 N–H and O–H groups in total. The molecular formula is C18H19N5O2. The van der Waals surface area contributed by atoms with Crippen LogP contribution >= 0.6 is 0 Å². The molecule has 1 aliphatic carbocycles. The number of rotatable bonds is 3. The van der Waals surface area contributed by atoms with E-state index >= 15 is 0 Å². The first-order valence-corrected chi connectivity index (χ1v) is 8.82. The zero-order valence-electron chi connectivity index (χ0n) is 13.8. The second kappa shape index (κ2) is 5.68. The Hall–Kier alpha value is -2.70. The van der Waals surface area contributed by atoms with Gasteiger partial charge in [-0.3, -0.25) is 9.78 Å². The van der Waals surface area contributed by atoms with Crippen molar-refractivity contribution in [2.45, 2.75) is 37.6 Å². The van der Waals surface area contributed by atoms with Crippen LogP contribution in [0.4, 0.5) is 0 Å². The third-order valence-electron chi connectivity index (χ3n) is 5.27. The third kappa shape index (κ3) is 2.50. The summed E-state index contributed by atoms with van der Waals surface area (Å²) >= 11 is 0. The van der Waals surface area contributed by atoms with E-state index < -0.39 is 0 Å². The molecule has 3 aromatic rings. The van der Waals surface area contributed by atoms with Crippen molar-refractivity contribution in [3.8, 4) is 0 Å². The number of hydrogen-bond donors (Lipinski definition) is 0. The van der Waals surface area contributed by atoms with Gasteiger partial charge in [-0.15, -0.1) is 10.2 Å². The zero-order valence-corrected chi connectivity index (χ0v) is 13.8. The number of carbonyl (C=O) groups is 1. The Balaban J connectivity index is 1.32. The van der Waals surface area contributed by atoms with Gasteiger partial charge >= 0.3 is 0 Å². The van der Waals surface area contributed by atoms with E-state index in [1.165, 1.54) is 12.8 Å². The summed E-state index contributed by atoms with van der Waals surface area (Å²) in [4.78, 5) is 19.1. The van der Waals surface area contributed by atoms with Gasteiger partial charge in [0.05, 0.1) is 11.6 Å². The maximum atomic E-state index is 12.9. The molecule has 0 aromatic carbocycles. The van der Waals surface area contributed by atoms with Crippen LogP contribution in [0.25, 0.3) is 11.0 Å². The molecule has 1 saturated heterocycles. The molecular weight excluding hydrogens is 318 g/mol. The fourth-order valence-electron chi connectivity index (χ4n) is 3.73. The molecule has 0 radical (unpaired) electrons. The molecule has 0 bridgehead atoms. The second-order valence-corrected chi connectivity index (χ2v) is 6.89. The van der Waals surface area contributed by atoms with Crippen LogP contribution in [0.15, 0.2) is 35.3 Å². The van der Waals surface area contributed by atoms with Crippen molar-refractivity contribution in [3.05, 3.63) is 42.4 Å². The number of likely N-dealkylation sites (tertiary alicyclic amines) is 1. The van der Waals surface area contributed by atoms with Crippen LogP contribution in [0, 0.1) is 0 Å². The fourth-order valence-corrected chi connectivity index (χ4v) is 3.73. The number of pyridine rings is 1. The normalized spacial score (nSPS) is 18.8. The summed E-state index contributed by atoms with van der Waals surface area (Å²) in [5, 5.41) is 9.23. The molecule has 7 heteroatoms. The third-order valence-corrected chi connectivity index (χ3v) is 5.27. The van der Waals surface area contributed by atoms with Gasteiger partial charge < -0.3 is 13.9 Å². The number of hydrogen-bond acceptors (Lipinski definition) is 5. The minimum absolute atomic E-state index is 0.0193. The van der Waals surface area contributed by atoms with Crippen molar-refractivity contribution < 1.29 is 9.21 Å². The largest absolute Gasteiger partial charge is 0.464 e. The number of nitrogens with zero attached hydrogens (tertiary/aromatic N) is 5. The van der Waals surface area contributed by atoms with Crippen LogP contribution in [-0.2, 0) is 0 Å². The lowest BCUT2D eigenvalue weighted by atomic mass is 9.95. The molecule has 128 valence electrons. The van der Waals surface area contributed by atoms with Crippen LogP contribution in [0.1, 0.15) is 54.0 Å². The first kappa shape index (κ1) is 14.6. The van der Waals surface area contributed by atoms with Gasteiger partial charge in [0.1, 0.15) is 23.4 Å². The lowest BCUT2D eigenvalue weighted by Crippen LogP contribution is -2.38. The van der Waals surface area contributed by atoms with E-state index in [0.717, 1.165) is 37.1 Å². The number of aromatic nitrogens is 4. The molecule has 0 spiro atoms. The van der Waals surface area contributed by atoms with Gasteiger partial charge in [-0.2, -0.15) is 0 Å². The Morgan fingerprint density at radius 1 is 1.16 bits per heavy atom. The van der Waals surface area contributed by atoms with Crippen molar-refractivity contribution in [2.75, 3.05) is 13.1 Å². The van der Waals surface area contributed by atoms with Crippen LogP contribution in [0.5, 0.6) is 0 Å². The summed E-state index contributed by atoms with van der Waals surface area (Å²) in [6.07, 6.45) is 9.36. The standard InChI is InChI=1S/C18H19N5O2/c24-18(16-14-6-10-25-15(14)3-7-19-16)22-8-4-12(5-9-22)17-21-20-11-23(17)13-1-2-13/h3,6-7,10-13H,1-2,4-5,8-9H2. The van der Waals surface area contributed by atoms with E-state index in [9.17, 15) is 4.79 Å². The molecule has 1 amide bonds. The van der Waals surface area contributed by atoms with Gasteiger partial charge in [0, 0.05) is 31.2 Å². The number of furan rings is 1. The van der Waals surface area contributed by atoms with Crippen LogP contribution < -0.4 is 0 Å². The summed E-state index contributed by atoms with van der Waals surface area (Å²) < 4.78 is 7.61. The highest BCUT2D eigenvalue weighted by atomic mass is 16.3. The Bertz CT molecular complexity index is 918. The lowest BCUT2D eigenvalue weighted by molar-refractivity contribution is 0.0706. The Morgan fingerprint density at radius 2 is 2.00 bits per heavy atom. The Labute approximate surface area is 144 Å². The summed E-state index contributed by atoms with van der Waals surface area (Å²) in [6.45, 7) is 1.44. The summed E-state index contributed by atoms with van der Waals surface area (Å²) in [7, 11) is 0. The van der Waals surface area contributed by atoms with Crippen molar-refractivity contribution >= 4 is 16.9 Å². The minimum atomic E-state index is -0.0193. The van der Waals surface area contributed by atoms with Crippen LogP contribution in [0.3, 0.4) is 0 Å². The smallest absolute Gasteiger partial charge is 0.273 e. The molecule has 1 saturated carbocycles. The van der Waals surface area contributed by atoms with Gasteiger partial charge in [0.25, 0.3) is 5.91 Å². The van der Waals surface area contributed by atoms with Gasteiger partial charge in [-0.25, -0.2) is 0 Å². The van der Waals surface area contributed by atoms with Crippen molar-refractivity contribution in [3.63, 3.8) is 0 Å². The average Bonchev–Trinajstić information content (AvgIpc) is 3.19. The molecule has 2 fully saturated rings. The molecule has 1 aliphatic heterocycles.